The van der Waals surface area contributed by atoms with E-state index in [0.29, 0.717) is 0 Å². The zero-order chi connectivity index (χ0) is 69.8. The predicted molar refractivity (Wildman–Crippen MR) is 410 cm³/mol. The maximum Gasteiger partial charge on any atom is 3.00 e. The van der Waals surface area contributed by atoms with Gasteiger partial charge in [-0.2, -0.15) is 0 Å². The van der Waals surface area contributed by atoms with Crippen LogP contribution < -0.4 is 30.6 Å². The van der Waals surface area contributed by atoms with E-state index in [-0.39, 0.29) is 121 Å². The first-order valence-electron chi connectivity index (χ1n) is 27.5. The Morgan fingerprint density at radius 1 is 0.210 bits per heavy atom. The van der Waals surface area contributed by atoms with Gasteiger partial charge in [-0.05, 0) is 315 Å². The molecule has 0 fully saturated rings. The summed E-state index contributed by atoms with van der Waals surface area (Å²) in [4.78, 5) is 87.6. The second-order valence-corrected chi connectivity index (χ2v) is 25.9. The summed E-state index contributed by atoms with van der Waals surface area (Å²) < 4.78 is 6.10. The van der Waals surface area contributed by atoms with Crippen molar-refractivity contribution in [1.82, 2.24) is 29.9 Å². The van der Waals surface area contributed by atoms with Gasteiger partial charge in [0.2, 0.25) is 0 Å². The van der Waals surface area contributed by atoms with Crippen LogP contribution in [0.4, 0.5) is 0 Å². The summed E-state index contributed by atoms with van der Waals surface area (Å²) in [7, 11) is 0. The first-order valence-corrected chi connectivity index (χ1v) is 33.9. The van der Waals surface area contributed by atoms with Crippen LogP contribution in [0.3, 0.4) is 0 Å². The fraction of sp³-hybridized carbons (Fsp3) is 0. The van der Waals surface area contributed by atoms with Crippen molar-refractivity contribution >= 4 is 171 Å². The van der Waals surface area contributed by atoms with E-state index >= 15 is 0 Å². The van der Waals surface area contributed by atoms with E-state index < -0.39 is 35.8 Å². The van der Waals surface area contributed by atoms with E-state index in [1.54, 1.807) is 97.6 Å². The number of aromatic carboxylic acids is 6. The Balaban J connectivity index is 0.000000577. The molecule has 2 radical (unpaired) electrons. The molecule has 0 aliphatic heterocycles. The Kier molecular flexibility index (Phi) is 47.0. The third-order valence-corrected chi connectivity index (χ3v) is 16.0. The standard InChI is InChI=1S/2C15H11N3.6C7H5IO2.2Dy.2H2O/c2*1-3-10-16-12(6-1)14-8-5-9-15(18-14)13-7-2-4-11-17-13;6*8-6-3-1-5(2-4-6)7(9)10;;;;/h2*1-11H;6*1-4H,(H,9,10);;;2*1H2/q;;;;;;;;2*+3;;/p-6. The molecule has 0 spiro atoms. The molecule has 0 aliphatic rings. The largest absolute Gasteiger partial charge is 3.00 e. The minimum Gasteiger partial charge on any atom is -0.545 e. The van der Waals surface area contributed by atoms with Crippen molar-refractivity contribution in [3.8, 4) is 45.6 Å². The van der Waals surface area contributed by atoms with Crippen LogP contribution in [0.5, 0.6) is 0 Å². The van der Waals surface area contributed by atoms with Gasteiger partial charge < -0.3 is 70.4 Å². The van der Waals surface area contributed by atoms with E-state index in [4.69, 9.17) is 0 Å². The number of halogens is 6. The quantitative estimate of drug-likeness (QED) is 0.115. The van der Waals surface area contributed by atoms with Crippen LogP contribution in [0, 0.1) is 97.8 Å². The number of pyridine rings is 6. The number of hydrogen-bond acceptors (Lipinski definition) is 18. The summed E-state index contributed by atoms with van der Waals surface area (Å²) in [5.41, 5.74) is 8.26. The molecule has 6 heterocycles. The Bertz CT molecular complexity index is 3750. The van der Waals surface area contributed by atoms with E-state index in [2.05, 4.69) is 165 Å². The minimum absolute atomic E-state index is 0. The maximum atomic E-state index is 10.2. The fourth-order valence-corrected chi connectivity index (χ4v) is 9.17. The smallest absolute Gasteiger partial charge is 0.545 e. The van der Waals surface area contributed by atoms with Gasteiger partial charge in [-0.25, -0.2) is 9.97 Å². The predicted octanol–water partition coefficient (Wildman–Crippen LogP) is 8.69. The van der Waals surface area contributed by atoms with E-state index in [1.165, 1.54) is 72.8 Å². The monoisotopic (exact) mass is 2310 g/mol. The maximum absolute atomic E-state index is 10.2. The summed E-state index contributed by atoms with van der Waals surface area (Å²) >= 11 is 12.6. The molecular formula is C72H50Dy2I6N6O14. The molecule has 4 N–H and O–H groups in total. The van der Waals surface area contributed by atoms with Gasteiger partial charge in [0.1, 0.15) is 0 Å². The molecule has 0 amide bonds. The molecule has 0 aliphatic carbocycles. The molecule has 12 rings (SSSR count). The molecule has 0 saturated carbocycles. The summed E-state index contributed by atoms with van der Waals surface area (Å²) in [5, 5.41) is 61.2. The average molecular weight is 2310 g/mol. The fourth-order valence-electron chi connectivity index (χ4n) is 7.01. The normalized spacial score (nSPS) is 9.26. The number of benzene rings is 6. The first-order chi connectivity index (χ1) is 46.1. The Morgan fingerprint density at radius 2 is 0.350 bits per heavy atom. The van der Waals surface area contributed by atoms with Gasteiger partial charge in [-0.3, -0.25) is 19.9 Å². The number of rotatable bonds is 10. The molecule has 0 bridgehead atoms. The Labute approximate surface area is 717 Å². The second kappa shape index (κ2) is 51.1. The first kappa shape index (κ1) is 91.9. The van der Waals surface area contributed by atoms with Gasteiger partial charge in [0, 0.05) is 46.2 Å². The average Bonchev–Trinajstić information content (AvgIpc) is 0.848. The molecule has 20 nitrogen and oxygen atoms in total. The minimum atomic E-state index is -1.13. The number of carbonyl (C=O) groups is 6. The zero-order valence-corrected chi connectivity index (χ0v) is 68.0. The van der Waals surface area contributed by atoms with Crippen LogP contribution in [0.15, 0.2) is 280 Å². The molecule has 12 aromatic rings. The molecule has 6 aromatic heterocycles. The number of nitrogens with zero attached hydrogens (tertiary/aromatic N) is 6. The van der Waals surface area contributed by atoms with E-state index in [1.807, 2.05) is 109 Å². The van der Waals surface area contributed by atoms with Crippen LogP contribution >= 0.6 is 136 Å². The van der Waals surface area contributed by atoms with Crippen molar-refractivity contribution in [3.63, 3.8) is 0 Å². The van der Waals surface area contributed by atoms with Crippen LogP contribution in [-0.4, -0.2) is 76.7 Å². The summed E-state index contributed by atoms with van der Waals surface area (Å²) in [5.74, 6) is -6.77. The van der Waals surface area contributed by atoms with Gasteiger partial charge in [-0.1, -0.05) is 109 Å². The molecule has 0 unspecified atom stereocenters. The topological polar surface area (TPSA) is 381 Å². The molecule has 28 heteroatoms. The summed E-state index contributed by atoms with van der Waals surface area (Å²) in [6, 6.07) is 74.0. The number of carboxylic acid groups (broad SMARTS) is 6. The molecule has 514 valence electrons. The number of carboxylic acids is 6. The van der Waals surface area contributed by atoms with E-state index in [9.17, 15) is 59.4 Å². The summed E-state index contributed by atoms with van der Waals surface area (Å²) in [6.07, 6.45) is 7.07. The second-order valence-electron chi connectivity index (χ2n) is 18.4. The molecule has 0 atom stereocenters. The van der Waals surface area contributed by atoms with Crippen molar-refractivity contribution in [2.75, 3.05) is 0 Å². The van der Waals surface area contributed by atoms with E-state index in [0.717, 1.165) is 67.0 Å². The molecule has 100 heavy (non-hydrogen) atoms. The van der Waals surface area contributed by atoms with Gasteiger partial charge in [-0.15, -0.1) is 0 Å². The van der Waals surface area contributed by atoms with Gasteiger partial charge in [0.15, 0.2) is 0 Å². The van der Waals surface area contributed by atoms with Crippen molar-refractivity contribution in [2.45, 2.75) is 0 Å². The summed E-state index contributed by atoms with van der Waals surface area (Å²) in [6.45, 7) is 0. The molecule has 0 saturated heterocycles. The van der Waals surface area contributed by atoms with Crippen molar-refractivity contribution in [3.05, 3.63) is 334 Å². The van der Waals surface area contributed by atoms with Crippen molar-refractivity contribution in [1.29, 1.82) is 0 Å². The van der Waals surface area contributed by atoms with Crippen LogP contribution in [0.1, 0.15) is 62.1 Å². The number of aromatic nitrogens is 6. The van der Waals surface area contributed by atoms with Gasteiger partial charge in [0.05, 0.1) is 81.4 Å². The van der Waals surface area contributed by atoms with Crippen molar-refractivity contribution in [2.24, 2.45) is 0 Å². The Hall–Kier alpha value is -6.11. The SMILES string of the molecule is O.O.O=C([O-])c1ccc(I)cc1.O=C([O-])c1ccc(I)cc1.O=C([O-])c1ccc(I)cc1.O=C([O-])c1ccc(I)cc1.O=C([O-])c1ccc(I)cc1.O=C([O-])c1ccc(I)cc1.[Dy+3].[Dy+3].c1ccc(-c2cccc(-c3ccccn3)n2)nc1.c1ccc(-c2cccc(-c3ccccn3)n2)nc1. The molecular weight excluding hydrogens is 2260 g/mol. The van der Waals surface area contributed by atoms with Crippen LogP contribution in [-0.2, 0) is 0 Å². The van der Waals surface area contributed by atoms with Gasteiger partial charge in [0.25, 0.3) is 0 Å². The molecule has 6 aromatic carbocycles. The van der Waals surface area contributed by atoms with Crippen LogP contribution in [0.2, 0.25) is 0 Å². The third kappa shape index (κ3) is 35.7. The van der Waals surface area contributed by atoms with Gasteiger partial charge >= 0.3 is 76.3 Å². The number of carbonyl (C=O) groups excluding carboxylic acids is 6. The zero-order valence-electron chi connectivity index (χ0n) is 51.0. The van der Waals surface area contributed by atoms with Crippen LogP contribution in [0.25, 0.3) is 45.6 Å². The van der Waals surface area contributed by atoms with Crippen molar-refractivity contribution < 1.29 is 147 Å². The number of hydrogen-bond donors (Lipinski definition) is 0. The third-order valence-electron chi connectivity index (χ3n) is 11.7. The Morgan fingerprint density at radius 3 is 0.470 bits per heavy atom.